The van der Waals surface area contributed by atoms with Gasteiger partial charge in [0.25, 0.3) is 0 Å². The SMILES string of the molecule is CCn1cnnc1CNc1nc(N)nc(Cl)n1. The van der Waals surface area contributed by atoms with E-state index in [9.17, 15) is 0 Å². The lowest BCUT2D eigenvalue weighted by Gasteiger charge is -2.05. The average molecular weight is 255 g/mol. The molecule has 17 heavy (non-hydrogen) atoms. The van der Waals surface area contributed by atoms with Crippen LogP contribution in [0.15, 0.2) is 6.33 Å². The minimum Gasteiger partial charge on any atom is -0.368 e. The highest BCUT2D eigenvalue weighted by atomic mass is 35.5. The van der Waals surface area contributed by atoms with Crippen LogP contribution in [0, 0.1) is 0 Å². The van der Waals surface area contributed by atoms with Gasteiger partial charge in [0.2, 0.25) is 17.2 Å². The fourth-order valence-electron chi connectivity index (χ4n) is 1.28. The van der Waals surface area contributed by atoms with Gasteiger partial charge in [-0.15, -0.1) is 10.2 Å². The maximum Gasteiger partial charge on any atom is 0.229 e. The van der Waals surface area contributed by atoms with Crippen molar-refractivity contribution in [3.63, 3.8) is 0 Å². The summed E-state index contributed by atoms with van der Waals surface area (Å²) in [6.07, 6.45) is 1.66. The number of hydrogen-bond donors (Lipinski definition) is 2. The Kier molecular flexibility index (Phi) is 3.33. The van der Waals surface area contributed by atoms with E-state index in [2.05, 4.69) is 30.5 Å². The summed E-state index contributed by atoms with van der Waals surface area (Å²) in [4.78, 5) is 11.4. The van der Waals surface area contributed by atoms with Gasteiger partial charge < -0.3 is 15.6 Å². The van der Waals surface area contributed by atoms with E-state index in [-0.39, 0.29) is 11.2 Å². The van der Waals surface area contributed by atoms with Gasteiger partial charge in [-0.1, -0.05) is 0 Å². The molecule has 2 aromatic heterocycles. The fraction of sp³-hybridized carbons (Fsp3) is 0.375. The second-order valence-electron chi connectivity index (χ2n) is 3.17. The summed E-state index contributed by atoms with van der Waals surface area (Å²) in [5.41, 5.74) is 5.44. The van der Waals surface area contributed by atoms with E-state index in [0.29, 0.717) is 12.5 Å². The zero-order valence-electron chi connectivity index (χ0n) is 9.13. The third kappa shape index (κ3) is 2.78. The highest BCUT2D eigenvalue weighted by Crippen LogP contribution is 2.07. The van der Waals surface area contributed by atoms with Crippen LogP contribution in [0.1, 0.15) is 12.7 Å². The number of aromatic nitrogens is 6. The Morgan fingerprint density at radius 2 is 2.24 bits per heavy atom. The highest BCUT2D eigenvalue weighted by Gasteiger charge is 2.05. The molecule has 0 saturated heterocycles. The summed E-state index contributed by atoms with van der Waals surface area (Å²) in [6, 6.07) is 0. The van der Waals surface area contributed by atoms with Gasteiger partial charge in [-0.25, -0.2) is 0 Å². The van der Waals surface area contributed by atoms with Crippen molar-refractivity contribution in [3.05, 3.63) is 17.4 Å². The van der Waals surface area contributed by atoms with Crippen LogP contribution in [-0.2, 0) is 13.1 Å². The van der Waals surface area contributed by atoms with Crippen LogP contribution in [-0.4, -0.2) is 29.7 Å². The number of halogens is 1. The van der Waals surface area contributed by atoms with Crippen molar-refractivity contribution < 1.29 is 0 Å². The van der Waals surface area contributed by atoms with E-state index >= 15 is 0 Å². The molecule has 0 aliphatic heterocycles. The smallest absolute Gasteiger partial charge is 0.229 e. The number of hydrogen-bond acceptors (Lipinski definition) is 7. The Labute approximate surface area is 102 Å². The summed E-state index contributed by atoms with van der Waals surface area (Å²) in [6.45, 7) is 3.24. The molecule has 0 atom stereocenters. The molecule has 2 heterocycles. The average Bonchev–Trinajstić information content (AvgIpc) is 2.72. The minimum absolute atomic E-state index is 0.0527. The number of anilines is 2. The number of nitrogens with one attached hydrogen (secondary N) is 1. The number of aryl methyl sites for hydroxylation is 1. The first-order valence-corrected chi connectivity index (χ1v) is 5.34. The summed E-state index contributed by atoms with van der Waals surface area (Å²) >= 11 is 5.65. The monoisotopic (exact) mass is 254 g/mol. The van der Waals surface area contributed by atoms with Crippen LogP contribution >= 0.6 is 11.6 Å². The first-order chi connectivity index (χ1) is 8.19. The van der Waals surface area contributed by atoms with Crippen molar-refractivity contribution in [2.45, 2.75) is 20.0 Å². The third-order valence-electron chi connectivity index (χ3n) is 2.07. The van der Waals surface area contributed by atoms with Crippen LogP contribution in [0.4, 0.5) is 11.9 Å². The molecule has 9 heteroatoms. The van der Waals surface area contributed by atoms with Gasteiger partial charge in [0.1, 0.15) is 6.33 Å². The molecule has 8 nitrogen and oxygen atoms in total. The molecule has 3 N–H and O–H groups in total. The zero-order chi connectivity index (χ0) is 12.3. The molecule has 0 unspecified atom stereocenters. The van der Waals surface area contributed by atoms with Crippen LogP contribution in [0.2, 0.25) is 5.28 Å². The van der Waals surface area contributed by atoms with Gasteiger partial charge >= 0.3 is 0 Å². The molecule has 2 rings (SSSR count). The van der Waals surface area contributed by atoms with Crippen molar-refractivity contribution >= 4 is 23.5 Å². The third-order valence-corrected chi connectivity index (χ3v) is 2.24. The molecule has 90 valence electrons. The predicted octanol–water partition coefficient (Wildman–Crippen LogP) is 0.331. The summed E-state index contributed by atoms with van der Waals surface area (Å²) in [7, 11) is 0. The van der Waals surface area contributed by atoms with E-state index in [1.54, 1.807) is 6.33 Å². The Balaban J connectivity index is 2.07. The molecular formula is C8H11ClN8. The van der Waals surface area contributed by atoms with Crippen molar-refractivity contribution in [2.24, 2.45) is 0 Å². The van der Waals surface area contributed by atoms with Crippen LogP contribution < -0.4 is 11.1 Å². The normalized spacial score (nSPS) is 10.5. The van der Waals surface area contributed by atoms with Crippen molar-refractivity contribution in [1.29, 1.82) is 0 Å². The Morgan fingerprint density at radius 3 is 2.94 bits per heavy atom. The van der Waals surface area contributed by atoms with Crippen LogP contribution in [0.3, 0.4) is 0 Å². The fourth-order valence-corrected chi connectivity index (χ4v) is 1.45. The highest BCUT2D eigenvalue weighted by molar-refractivity contribution is 6.28. The molecule has 0 amide bonds. The molecule has 0 fully saturated rings. The van der Waals surface area contributed by atoms with Gasteiger partial charge in [0.15, 0.2) is 5.82 Å². The van der Waals surface area contributed by atoms with Gasteiger partial charge in [-0.05, 0) is 18.5 Å². The topological polar surface area (TPSA) is 107 Å². The zero-order valence-corrected chi connectivity index (χ0v) is 9.89. The molecule has 0 bridgehead atoms. The molecule has 0 aromatic carbocycles. The lowest BCUT2D eigenvalue weighted by molar-refractivity contribution is 0.706. The molecule has 0 aliphatic carbocycles. The lowest BCUT2D eigenvalue weighted by Crippen LogP contribution is -2.11. The van der Waals surface area contributed by atoms with Crippen molar-refractivity contribution in [2.75, 3.05) is 11.1 Å². The number of nitrogens with zero attached hydrogens (tertiary/aromatic N) is 6. The largest absolute Gasteiger partial charge is 0.368 e. The maximum atomic E-state index is 5.65. The quantitative estimate of drug-likeness (QED) is 0.809. The number of nitrogen functional groups attached to an aromatic ring is 1. The van der Waals surface area contributed by atoms with E-state index in [4.69, 9.17) is 17.3 Å². The van der Waals surface area contributed by atoms with E-state index < -0.39 is 0 Å². The summed E-state index contributed by atoms with van der Waals surface area (Å²) in [5, 5.41) is 10.8. The van der Waals surface area contributed by atoms with Crippen molar-refractivity contribution in [3.8, 4) is 0 Å². The van der Waals surface area contributed by atoms with Gasteiger partial charge in [-0.2, -0.15) is 15.0 Å². The van der Waals surface area contributed by atoms with Crippen molar-refractivity contribution in [1.82, 2.24) is 29.7 Å². The molecule has 0 spiro atoms. The van der Waals surface area contributed by atoms with Gasteiger partial charge in [-0.3, -0.25) is 0 Å². The minimum atomic E-state index is 0.0527. The summed E-state index contributed by atoms with van der Waals surface area (Å²) in [5.74, 6) is 1.17. The Hall–Kier alpha value is -1.96. The molecule has 0 saturated carbocycles. The summed E-state index contributed by atoms with van der Waals surface area (Å²) < 4.78 is 1.90. The van der Waals surface area contributed by atoms with E-state index in [1.807, 2.05) is 11.5 Å². The van der Waals surface area contributed by atoms with E-state index in [0.717, 1.165) is 12.4 Å². The molecule has 0 radical (unpaired) electrons. The molecule has 2 aromatic rings. The number of rotatable bonds is 4. The van der Waals surface area contributed by atoms with Crippen LogP contribution in [0.25, 0.3) is 0 Å². The molecule has 0 aliphatic rings. The lowest BCUT2D eigenvalue weighted by atomic mass is 10.5. The second kappa shape index (κ2) is 4.91. The van der Waals surface area contributed by atoms with Crippen LogP contribution in [0.5, 0.6) is 0 Å². The number of nitrogens with two attached hydrogens (primary N) is 1. The predicted molar refractivity (Wildman–Crippen MR) is 62.3 cm³/mol. The van der Waals surface area contributed by atoms with Gasteiger partial charge in [0.05, 0.1) is 6.54 Å². The van der Waals surface area contributed by atoms with E-state index in [1.165, 1.54) is 0 Å². The van der Waals surface area contributed by atoms with Gasteiger partial charge in [0, 0.05) is 6.54 Å². The maximum absolute atomic E-state index is 5.65. The Bertz CT molecular complexity index is 490. The first-order valence-electron chi connectivity index (χ1n) is 4.96. The first kappa shape index (κ1) is 11.5. The standard InChI is InChI=1S/C8H11ClN8/c1-2-17-4-12-16-5(17)3-11-8-14-6(9)13-7(10)15-8/h4H,2-3H2,1H3,(H3,10,11,13,14,15). The molecular weight excluding hydrogens is 244 g/mol. The second-order valence-corrected chi connectivity index (χ2v) is 3.51. The Morgan fingerprint density at radius 1 is 1.41 bits per heavy atom.